The lowest BCUT2D eigenvalue weighted by Crippen LogP contribution is -2.33. The van der Waals surface area contributed by atoms with Crippen LogP contribution in [0, 0.1) is 11.3 Å². The summed E-state index contributed by atoms with van der Waals surface area (Å²) in [6.45, 7) is 11.0. The van der Waals surface area contributed by atoms with E-state index in [2.05, 4.69) is 40.7 Å². The summed E-state index contributed by atoms with van der Waals surface area (Å²) in [4.78, 5) is 0. The third-order valence-electron chi connectivity index (χ3n) is 4.00. The van der Waals surface area contributed by atoms with Crippen LogP contribution in [0.25, 0.3) is 0 Å². The Morgan fingerprint density at radius 3 is 2.69 bits per heavy atom. The molecule has 0 radical (unpaired) electrons. The van der Waals surface area contributed by atoms with Crippen molar-refractivity contribution in [3.63, 3.8) is 0 Å². The summed E-state index contributed by atoms with van der Waals surface area (Å²) in [7, 11) is 0. The quantitative estimate of drug-likeness (QED) is 0.713. The number of aliphatic hydroxyl groups is 1. The Hall–Kier alpha value is -0.560. The van der Waals surface area contributed by atoms with E-state index in [1.807, 2.05) is 6.08 Å². The van der Waals surface area contributed by atoms with Gasteiger partial charge in [-0.2, -0.15) is 0 Å². The molecular formula is C15H26O. The first kappa shape index (κ1) is 13.5. The first-order valence-corrected chi connectivity index (χ1v) is 6.35. The van der Waals surface area contributed by atoms with Gasteiger partial charge in [0, 0.05) is 0 Å². The van der Waals surface area contributed by atoms with E-state index in [4.69, 9.17) is 0 Å². The summed E-state index contributed by atoms with van der Waals surface area (Å²) in [5.74, 6) is 0.616. The van der Waals surface area contributed by atoms with Crippen molar-refractivity contribution in [1.82, 2.24) is 0 Å². The Labute approximate surface area is 100 Å². The maximum absolute atomic E-state index is 9.77. The molecule has 0 amide bonds. The van der Waals surface area contributed by atoms with Gasteiger partial charge < -0.3 is 5.11 Å². The van der Waals surface area contributed by atoms with Gasteiger partial charge in [0.2, 0.25) is 0 Å². The molecular weight excluding hydrogens is 196 g/mol. The van der Waals surface area contributed by atoms with E-state index in [1.165, 1.54) is 24.0 Å². The number of hydrogen-bond acceptors (Lipinski definition) is 1. The van der Waals surface area contributed by atoms with Crippen LogP contribution in [-0.4, -0.2) is 11.2 Å². The highest BCUT2D eigenvalue weighted by Gasteiger charge is 2.35. The molecule has 0 aromatic rings. The SMILES string of the molecule is C/C=C(\C)CCC1C(C)=C[C@@H](O)CC1(C)C. The minimum absolute atomic E-state index is 0.228. The van der Waals surface area contributed by atoms with Crippen molar-refractivity contribution in [3.8, 4) is 0 Å². The highest BCUT2D eigenvalue weighted by Crippen LogP contribution is 2.43. The monoisotopic (exact) mass is 222 g/mol. The van der Waals surface area contributed by atoms with Gasteiger partial charge >= 0.3 is 0 Å². The van der Waals surface area contributed by atoms with Crippen LogP contribution in [0.5, 0.6) is 0 Å². The van der Waals surface area contributed by atoms with E-state index in [-0.39, 0.29) is 11.5 Å². The van der Waals surface area contributed by atoms with Crippen molar-refractivity contribution in [3.05, 3.63) is 23.3 Å². The molecule has 16 heavy (non-hydrogen) atoms. The fourth-order valence-corrected chi connectivity index (χ4v) is 2.91. The maximum Gasteiger partial charge on any atom is 0.0728 e. The molecule has 0 aromatic carbocycles. The second-order valence-corrected chi connectivity index (χ2v) is 5.90. The van der Waals surface area contributed by atoms with Gasteiger partial charge in [0.1, 0.15) is 0 Å². The van der Waals surface area contributed by atoms with Crippen molar-refractivity contribution in [2.45, 2.75) is 60.0 Å². The van der Waals surface area contributed by atoms with Crippen molar-refractivity contribution in [2.24, 2.45) is 11.3 Å². The summed E-state index contributed by atoms with van der Waals surface area (Å²) < 4.78 is 0. The Bertz CT molecular complexity index is 297. The zero-order valence-corrected chi connectivity index (χ0v) is 11.4. The zero-order valence-electron chi connectivity index (χ0n) is 11.4. The lowest BCUT2D eigenvalue weighted by molar-refractivity contribution is 0.0983. The number of hydrogen-bond donors (Lipinski definition) is 1. The lowest BCUT2D eigenvalue weighted by Gasteiger charge is -2.40. The van der Waals surface area contributed by atoms with Crippen molar-refractivity contribution in [1.29, 1.82) is 0 Å². The minimum atomic E-state index is -0.242. The maximum atomic E-state index is 9.77. The van der Waals surface area contributed by atoms with E-state index in [0.29, 0.717) is 5.92 Å². The summed E-state index contributed by atoms with van der Waals surface area (Å²) in [5.41, 5.74) is 3.06. The number of aliphatic hydroxyl groups excluding tert-OH is 1. The Balaban J connectivity index is 2.73. The fourth-order valence-electron chi connectivity index (χ4n) is 2.91. The van der Waals surface area contributed by atoms with Crippen LogP contribution < -0.4 is 0 Å². The molecule has 0 saturated carbocycles. The predicted octanol–water partition coefficient (Wildman–Crippen LogP) is 4.09. The van der Waals surface area contributed by atoms with Crippen LogP contribution >= 0.6 is 0 Å². The van der Waals surface area contributed by atoms with E-state index in [1.54, 1.807) is 0 Å². The van der Waals surface area contributed by atoms with Gasteiger partial charge in [-0.3, -0.25) is 0 Å². The Kier molecular flexibility index (Phi) is 4.37. The smallest absolute Gasteiger partial charge is 0.0728 e. The van der Waals surface area contributed by atoms with Gasteiger partial charge in [0.05, 0.1) is 6.10 Å². The van der Waals surface area contributed by atoms with Gasteiger partial charge in [0.25, 0.3) is 0 Å². The van der Waals surface area contributed by atoms with E-state index >= 15 is 0 Å². The standard InChI is InChI=1S/C15H26O/c1-6-11(2)7-8-14-12(3)9-13(16)10-15(14,4)5/h6,9,13-14,16H,7-8,10H2,1-5H3/b11-6+/t13-,14?/m1/s1. The van der Waals surface area contributed by atoms with E-state index < -0.39 is 0 Å². The molecule has 92 valence electrons. The molecule has 2 atom stereocenters. The average Bonchev–Trinajstić information content (AvgIpc) is 2.14. The van der Waals surface area contributed by atoms with Crippen LogP contribution in [0.1, 0.15) is 53.9 Å². The molecule has 0 aliphatic heterocycles. The molecule has 0 fully saturated rings. The van der Waals surface area contributed by atoms with Crippen molar-refractivity contribution < 1.29 is 5.11 Å². The predicted molar refractivity (Wildman–Crippen MR) is 70.3 cm³/mol. The Morgan fingerprint density at radius 2 is 2.19 bits per heavy atom. The van der Waals surface area contributed by atoms with Gasteiger partial charge in [-0.15, -0.1) is 0 Å². The molecule has 1 nitrogen and oxygen atoms in total. The van der Waals surface area contributed by atoms with Crippen LogP contribution in [0.4, 0.5) is 0 Å². The molecule has 1 aliphatic carbocycles. The van der Waals surface area contributed by atoms with Gasteiger partial charge in [-0.25, -0.2) is 0 Å². The van der Waals surface area contributed by atoms with Crippen LogP contribution in [-0.2, 0) is 0 Å². The minimum Gasteiger partial charge on any atom is -0.389 e. The third-order valence-corrected chi connectivity index (χ3v) is 4.00. The van der Waals surface area contributed by atoms with Gasteiger partial charge in [-0.05, 0) is 51.4 Å². The fraction of sp³-hybridized carbons (Fsp3) is 0.733. The van der Waals surface area contributed by atoms with Crippen molar-refractivity contribution >= 4 is 0 Å². The first-order chi connectivity index (χ1) is 7.36. The molecule has 0 saturated heterocycles. The summed E-state index contributed by atoms with van der Waals surface area (Å²) in [6, 6.07) is 0. The lowest BCUT2D eigenvalue weighted by atomic mass is 9.66. The van der Waals surface area contributed by atoms with Crippen LogP contribution in [0.3, 0.4) is 0 Å². The second kappa shape index (κ2) is 5.18. The normalized spacial score (nSPS) is 30.1. The Morgan fingerprint density at radius 1 is 1.56 bits per heavy atom. The molecule has 1 rings (SSSR count). The zero-order chi connectivity index (χ0) is 12.3. The topological polar surface area (TPSA) is 20.2 Å². The molecule has 1 unspecified atom stereocenters. The van der Waals surface area contributed by atoms with E-state index in [0.717, 1.165) is 6.42 Å². The molecule has 0 aromatic heterocycles. The second-order valence-electron chi connectivity index (χ2n) is 5.90. The van der Waals surface area contributed by atoms with Gasteiger partial charge in [0.15, 0.2) is 0 Å². The summed E-state index contributed by atoms with van der Waals surface area (Å²) in [6.07, 6.45) is 7.27. The van der Waals surface area contributed by atoms with Gasteiger partial charge in [-0.1, -0.05) is 37.1 Å². The molecule has 1 aliphatic rings. The third kappa shape index (κ3) is 3.21. The van der Waals surface area contributed by atoms with Crippen molar-refractivity contribution in [2.75, 3.05) is 0 Å². The van der Waals surface area contributed by atoms with E-state index in [9.17, 15) is 5.11 Å². The van der Waals surface area contributed by atoms with Crippen LogP contribution in [0.15, 0.2) is 23.3 Å². The summed E-state index contributed by atoms with van der Waals surface area (Å²) in [5, 5.41) is 9.77. The van der Waals surface area contributed by atoms with Crippen LogP contribution in [0.2, 0.25) is 0 Å². The molecule has 0 spiro atoms. The largest absolute Gasteiger partial charge is 0.389 e. The number of allylic oxidation sites excluding steroid dienone is 3. The summed E-state index contributed by atoms with van der Waals surface area (Å²) >= 11 is 0. The molecule has 0 heterocycles. The highest BCUT2D eigenvalue weighted by atomic mass is 16.3. The highest BCUT2D eigenvalue weighted by molar-refractivity contribution is 5.16. The number of rotatable bonds is 3. The molecule has 1 heteroatoms. The molecule has 0 bridgehead atoms. The molecule has 1 N–H and O–H groups in total. The average molecular weight is 222 g/mol. The first-order valence-electron chi connectivity index (χ1n) is 6.35.